The molecule has 0 bridgehead atoms. The lowest BCUT2D eigenvalue weighted by Gasteiger charge is -2.15. The molecule has 0 spiro atoms. The summed E-state index contributed by atoms with van der Waals surface area (Å²) in [5.41, 5.74) is 8.11. The molecule has 0 unspecified atom stereocenters. The van der Waals surface area contributed by atoms with Crippen LogP contribution in [0.15, 0.2) is 24.3 Å². The topological polar surface area (TPSA) is 47.1 Å². The summed E-state index contributed by atoms with van der Waals surface area (Å²) in [7, 11) is 0. The second kappa shape index (κ2) is 7.26. The fourth-order valence-corrected chi connectivity index (χ4v) is 2.58. The third-order valence-electron chi connectivity index (χ3n) is 3.52. The van der Waals surface area contributed by atoms with Gasteiger partial charge < -0.3 is 15.2 Å². The molecule has 0 aliphatic carbocycles. The Balaban J connectivity index is 0.000000902. The summed E-state index contributed by atoms with van der Waals surface area (Å²) in [6.45, 7) is 4.47. The van der Waals surface area contributed by atoms with Crippen LogP contribution in [0.4, 0.5) is 5.95 Å². The molecule has 2 aromatic rings. The van der Waals surface area contributed by atoms with Gasteiger partial charge in [0, 0.05) is 13.1 Å². The van der Waals surface area contributed by atoms with Gasteiger partial charge >= 0.3 is 0 Å². The van der Waals surface area contributed by atoms with Crippen molar-refractivity contribution in [3.63, 3.8) is 0 Å². The molecular weight excluding hydrogens is 372 g/mol. The fourth-order valence-electron chi connectivity index (χ4n) is 2.58. The highest BCUT2D eigenvalue weighted by molar-refractivity contribution is 8.93. The lowest BCUT2D eigenvalue weighted by molar-refractivity contribution is 0.325. The number of likely N-dealkylation sites (tertiary alicyclic amines) is 1. The zero-order chi connectivity index (χ0) is 11.7. The zero-order valence-corrected chi connectivity index (χ0v) is 14.2. The quantitative estimate of drug-likeness (QED) is 0.874. The van der Waals surface area contributed by atoms with Crippen molar-refractivity contribution >= 4 is 50.9 Å². The van der Waals surface area contributed by atoms with Gasteiger partial charge in [-0.15, -0.1) is 34.0 Å². The largest absolute Gasteiger partial charge is 0.369 e. The average Bonchev–Trinajstić information content (AvgIpc) is 2.93. The van der Waals surface area contributed by atoms with Crippen LogP contribution in [0.25, 0.3) is 11.0 Å². The van der Waals surface area contributed by atoms with E-state index in [9.17, 15) is 0 Å². The Labute approximate surface area is 134 Å². The number of hydrogen-bond acceptors (Lipinski definition) is 3. The van der Waals surface area contributed by atoms with Gasteiger partial charge in [-0.1, -0.05) is 12.1 Å². The SMILES string of the molecule is Br.Br.Nc1nc2ccccc2n1CCN1CCCC1. The maximum Gasteiger partial charge on any atom is 0.201 e. The Hall–Kier alpha value is -0.590. The number of imidazole rings is 1. The average molecular weight is 392 g/mol. The predicted molar refractivity (Wildman–Crippen MR) is 90.5 cm³/mol. The summed E-state index contributed by atoms with van der Waals surface area (Å²) >= 11 is 0. The van der Waals surface area contributed by atoms with Gasteiger partial charge in [-0.3, -0.25) is 0 Å². The van der Waals surface area contributed by atoms with E-state index in [1.54, 1.807) is 0 Å². The number of fused-ring (bicyclic) bond motifs is 1. The first-order valence-electron chi connectivity index (χ1n) is 6.28. The molecule has 2 heterocycles. The zero-order valence-electron chi connectivity index (χ0n) is 10.8. The van der Waals surface area contributed by atoms with Gasteiger partial charge in [0.15, 0.2) is 0 Å². The number of nitrogen functional groups attached to an aromatic ring is 1. The second-order valence-corrected chi connectivity index (χ2v) is 4.66. The minimum Gasteiger partial charge on any atom is -0.369 e. The number of aromatic nitrogens is 2. The maximum absolute atomic E-state index is 5.97. The molecule has 19 heavy (non-hydrogen) atoms. The van der Waals surface area contributed by atoms with Crippen molar-refractivity contribution < 1.29 is 0 Å². The van der Waals surface area contributed by atoms with Crippen molar-refractivity contribution in [2.24, 2.45) is 0 Å². The number of nitrogens with zero attached hydrogens (tertiary/aromatic N) is 3. The van der Waals surface area contributed by atoms with Crippen LogP contribution >= 0.6 is 34.0 Å². The normalized spacial score (nSPS) is 15.2. The van der Waals surface area contributed by atoms with E-state index in [2.05, 4.69) is 20.5 Å². The van der Waals surface area contributed by atoms with Crippen LogP contribution in [0.5, 0.6) is 0 Å². The van der Waals surface area contributed by atoms with Crippen LogP contribution in [0.3, 0.4) is 0 Å². The predicted octanol–water partition coefficient (Wildman–Crippen LogP) is 2.87. The summed E-state index contributed by atoms with van der Waals surface area (Å²) < 4.78 is 2.12. The van der Waals surface area contributed by atoms with Crippen LogP contribution < -0.4 is 5.73 Å². The summed E-state index contributed by atoms with van der Waals surface area (Å²) in [5.74, 6) is 0.630. The molecule has 1 fully saturated rings. The Bertz CT molecular complexity index is 520. The highest BCUT2D eigenvalue weighted by Crippen LogP contribution is 2.17. The number of nitrogens with two attached hydrogens (primary N) is 1. The first-order chi connectivity index (χ1) is 8.34. The molecule has 1 aromatic heterocycles. The van der Waals surface area contributed by atoms with Crippen LogP contribution in [-0.2, 0) is 6.54 Å². The summed E-state index contributed by atoms with van der Waals surface area (Å²) in [4.78, 5) is 6.87. The highest BCUT2D eigenvalue weighted by Gasteiger charge is 2.13. The maximum atomic E-state index is 5.97. The number of benzene rings is 1. The number of halogens is 2. The Morgan fingerprint density at radius 2 is 1.74 bits per heavy atom. The summed E-state index contributed by atoms with van der Waals surface area (Å²) in [6.07, 6.45) is 2.67. The van der Waals surface area contributed by atoms with Crippen molar-refractivity contribution in [2.45, 2.75) is 19.4 Å². The van der Waals surface area contributed by atoms with Crippen LogP contribution in [-0.4, -0.2) is 34.1 Å². The van der Waals surface area contributed by atoms with E-state index in [1.807, 2.05) is 18.2 Å². The lowest BCUT2D eigenvalue weighted by atomic mass is 10.3. The van der Waals surface area contributed by atoms with E-state index in [4.69, 9.17) is 5.73 Å². The third kappa shape index (κ3) is 3.49. The van der Waals surface area contributed by atoms with Gasteiger partial charge in [-0.25, -0.2) is 4.98 Å². The summed E-state index contributed by atoms with van der Waals surface area (Å²) in [5, 5.41) is 0. The molecule has 3 rings (SSSR count). The molecule has 1 aliphatic heterocycles. The first-order valence-corrected chi connectivity index (χ1v) is 6.28. The van der Waals surface area contributed by atoms with Crippen molar-refractivity contribution in [1.29, 1.82) is 0 Å². The number of rotatable bonds is 3. The van der Waals surface area contributed by atoms with E-state index in [0.29, 0.717) is 5.95 Å². The van der Waals surface area contributed by atoms with Crippen LogP contribution in [0, 0.1) is 0 Å². The number of para-hydroxylation sites is 2. The van der Waals surface area contributed by atoms with Gasteiger partial charge in [0.25, 0.3) is 0 Å². The molecule has 0 saturated carbocycles. The Morgan fingerprint density at radius 3 is 2.47 bits per heavy atom. The fraction of sp³-hybridized carbons (Fsp3) is 0.462. The molecule has 106 valence electrons. The smallest absolute Gasteiger partial charge is 0.201 e. The van der Waals surface area contributed by atoms with Crippen molar-refractivity contribution in [3.05, 3.63) is 24.3 Å². The van der Waals surface area contributed by atoms with Gasteiger partial charge in [-0.05, 0) is 38.1 Å². The Kier molecular flexibility index (Phi) is 6.29. The van der Waals surface area contributed by atoms with E-state index in [0.717, 1.165) is 24.1 Å². The lowest BCUT2D eigenvalue weighted by Crippen LogP contribution is -2.24. The minimum atomic E-state index is 0. The molecule has 4 nitrogen and oxygen atoms in total. The summed E-state index contributed by atoms with van der Waals surface area (Å²) in [6, 6.07) is 8.14. The highest BCUT2D eigenvalue weighted by atomic mass is 79.9. The molecule has 1 saturated heterocycles. The molecule has 0 radical (unpaired) electrons. The molecule has 0 amide bonds. The molecule has 6 heteroatoms. The van der Waals surface area contributed by atoms with Crippen LogP contribution in [0.2, 0.25) is 0 Å². The van der Waals surface area contributed by atoms with Crippen LogP contribution in [0.1, 0.15) is 12.8 Å². The molecule has 1 aliphatic rings. The second-order valence-electron chi connectivity index (χ2n) is 4.66. The van der Waals surface area contributed by atoms with E-state index < -0.39 is 0 Å². The molecule has 2 N–H and O–H groups in total. The molecule has 0 atom stereocenters. The standard InChI is InChI=1S/C13H18N4.2BrH/c14-13-15-11-5-1-2-6-12(11)17(13)10-9-16-7-3-4-8-16;;/h1-2,5-6H,3-4,7-10H2,(H2,14,15);2*1H. The van der Waals surface area contributed by atoms with Crippen molar-refractivity contribution in [1.82, 2.24) is 14.5 Å². The minimum absolute atomic E-state index is 0. The third-order valence-corrected chi connectivity index (χ3v) is 3.52. The van der Waals surface area contributed by atoms with Gasteiger partial charge in [0.1, 0.15) is 0 Å². The van der Waals surface area contributed by atoms with Gasteiger partial charge in [-0.2, -0.15) is 0 Å². The Morgan fingerprint density at radius 1 is 1.05 bits per heavy atom. The van der Waals surface area contributed by atoms with Crippen molar-refractivity contribution in [3.8, 4) is 0 Å². The van der Waals surface area contributed by atoms with E-state index in [1.165, 1.54) is 25.9 Å². The number of hydrogen-bond donors (Lipinski definition) is 1. The van der Waals surface area contributed by atoms with Gasteiger partial charge in [0.2, 0.25) is 5.95 Å². The molecule has 1 aromatic carbocycles. The van der Waals surface area contributed by atoms with Gasteiger partial charge in [0.05, 0.1) is 11.0 Å². The van der Waals surface area contributed by atoms with Crippen molar-refractivity contribution in [2.75, 3.05) is 25.4 Å². The van der Waals surface area contributed by atoms with E-state index >= 15 is 0 Å². The first kappa shape index (κ1) is 16.5. The molecular formula is C13H20Br2N4. The number of anilines is 1. The van der Waals surface area contributed by atoms with E-state index in [-0.39, 0.29) is 34.0 Å². The monoisotopic (exact) mass is 390 g/mol.